The van der Waals surface area contributed by atoms with Crippen molar-refractivity contribution in [3.05, 3.63) is 0 Å². The van der Waals surface area contributed by atoms with Crippen LogP contribution in [-0.4, -0.2) is 37.1 Å². The van der Waals surface area contributed by atoms with E-state index in [1.807, 2.05) is 27.7 Å². The third-order valence-corrected chi connectivity index (χ3v) is 2.25. The third-order valence-electron chi connectivity index (χ3n) is 2.25. The number of amides is 2. The van der Waals surface area contributed by atoms with Gasteiger partial charge in [-0.25, -0.2) is 0 Å². The smallest absolute Gasteiger partial charge is 0.309 e. The average molecular weight is 244 g/mol. The number of hydrogen-bond acceptors (Lipinski definition) is 3. The minimum Gasteiger partial charge on any atom is -0.379 e. The molecule has 0 aromatic carbocycles. The number of carbonyl (C=O) groups excluding carboxylic acids is 2. The molecule has 2 amide bonds. The molecule has 0 spiro atoms. The first-order valence-corrected chi connectivity index (χ1v) is 6.17. The summed E-state index contributed by atoms with van der Waals surface area (Å²) in [6, 6.07) is 0.0255. The van der Waals surface area contributed by atoms with Crippen molar-refractivity contribution in [2.45, 2.75) is 52.7 Å². The molecule has 100 valence electrons. The van der Waals surface area contributed by atoms with Gasteiger partial charge in [0.2, 0.25) is 0 Å². The molecule has 5 heteroatoms. The lowest BCUT2D eigenvalue weighted by atomic mass is 10.2. The largest absolute Gasteiger partial charge is 0.379 e. The Morgan fingerprint density at radius 2 is 1.82 bits per heavy atom. The lowest BCUT2D eigenvalue weighted by Crippen LogP contribution is -2.43. The molecule has 0 radical (unpaired) electrons. The fourth-order valence-corrected chi connectivity index (χ4v) is 1.06. The van der Waals surface area contributed by atoms with Crippen LogP contribution in [0.25, 0.3) is 0 Å². The number of carbonyl (C=O) groups is 2. The van der Waals surface area contributed by atoms with Crippen LogP contribution in [0.1, 0.15) is 40.5 Å². The van der Waals surface area contributed by atoms with E-state index in [1.54, 1.807) is 0 Å². The van der Waals surface area contributed by atoms with Crippen molar-refractivity contribution in [3.63, 3.8) is 0 Å². The van der Waals surface area contributed by atoms with Gasteiger partial charge in [0, 0.05) is 19.2 Å². The average Bonchev–Trinajstić information content (AvgIpc) is 2.27. The summed E-state index contributed by atoms with van der Waals surface area (Å²) in [6.07, 6.45) is 1.71. The Morgan fingerprint density at radius 3 is 2.35 bits per heavy atom. The van der Waals surface area contributed by atoms with Crippen molar-refractivity contribution in [3.8, 4) is 0 Å². The molecule has 0 saturated carbocycles. The van der Waals surface area contributed by atoms with Gasteiger partial charge in [-0.1, -0.05) is 6.92 Å². The third kappa shape index (κ3) is 8.68. The summed E-state index contributed by atoms with van der Waals surface area (Å²) in [5.74, 6) is -1.14. The van der Waals surface area contributed by atoms with Crippen LogP contribution in [-0.2, 0) is 14.3 Å². The van der Waals surface area contributed by atoms with E-state index < -0.39 is 11.8 Å². The Balaban J connectivity index is 3.61. The van der Waals surface area contributed by atoms with Gasteiger partial charge in [-0.05, 0) is 33.6 Å². The van der Waals surface area contributed by atoms with Gasteiger partial charge in [-0.15, -0.1) is 0 Å². The second-order valence-corrected chi connectivity index (χ2v) is 4.31. The standard InChI is InChI=1S/C12H24N2O3/c1-5-10(4)14-12(16)11(15)13-7-6-8-17-9(2)3/h9-10H,5-8H2,1-4H3,(H,13,15)(H,14,16)/t10-/m0/s1. The fourth-order valence-electron chi connectivity index (χ4n) is 1.06. The van der Waals surface area contributed by atoms with Gasteiger partial charge in [-0.3, -0.25) is 9.59 Å². The highest BCUT2D eigenvalue weighted by Gasteiger charge is 2.14. The van der Waals surface area contributed by atoms with Gasteiger partial charge in [0.15, 0.2) is 0 Å². The summed E-state index contributed by atoms with van der Waals surface area (Å²) in [5, 5.41) is 5.16. The molecule has 1 atom stereocenters. The molecular formula is C12H24N2O3. The normalized spacial score (nSPS) is 12.3. The first-order valence-electron chi connectivity index (χ1n) is 6.17. The summed E-state index contributed by atoms with van der Waals surface area (Å²) in [7, 11) is 0. The van der Waals surface area contributed by atoms with Crippen molar-refractivity contribution in [2.75, 3.05) is 13.2 Å². The van der Waals surface area contributed by atoms with E-state index in [1.165, 1.54) is 0 Å². The van der Waals surface area contributed by atoms with Gasteiger partial charge in [0.05, 0.1) is 6.10 Å². The Bertz CT molecular complexity index is 242. The predicted octanol–water partition coefficient (Wildman–Crippen LogP) is 0.832. The number of rotatable bonds is 7. The maximum absolute atomic E-state index is 11.3. The van der Waals surface area contributed by atoms with E-state index in [4.69, 9.17) is 4.74 Å². The summed E-state index contributed by atoms with van der Waals surface area (Å²) < 4.78 is 5.31. The lowest BCUT2D eigenvalue weighted by Gasteiger charge is -2.11. The van der Waals surface area contributed by atoms with Crippen LogP contribution in [0.4, 0.5) is 0 Å². The monoisotopic (exact) mass is 244 g/mol. The summed E-state index contributed by atoms with van der Waals surface area (Å²) in [5.41, 5.74) is 0. The molecule has 0 aliphatic heterocycles. The second kappa shape index (κ2) is 8.98. The van der Waals surface area contributed by atoms with E-state index in [0.717, 1.165) is 6.42 Å². The zero-order chi connectivity index (χ0) is 13.3. The Hall–Kier alpha value is -1.10. The van der Waals surface area contributed by atoms with Crippen LogP contribution in [0.5, 0.6) is 0 Å². The molecule has 0 rings (SSSR count). The summed E-state index contributed by atoms with van der Waals surface area (Å²) >= 11 is 0. The van der Waals surface area contributed by atoms with Gasteiger partial charge in [0.25, 0.3) is 0 Å². The molecular weight excluding hydrogens is 220 g/mol. The SMILES string of the molecule is CC[C@H](C)NC(=O)C(=O)NCCCOC(C)C. The highest BCUT2D eigenvalue weighted by Crippen LogP contribution is 1.90. The topological polar surface area (TPSA) is 67.4 Å². The van der Waals surface area contributed by atoms with Crippen LogP contribution in [0.15, 0.2) is 0 Å². The predicted molar refractivity (Wildman–Crippen MR) is 66.6 cm³/mol. The molecule has 0 fully saturated rings. The molecule has 0 unspecified atom stereocenters. The van der Waals surface area contributed by atoms with Gasteiger partial charge < -0.3 is 15.4 Å². The second-order valence-electron chi connectivity index (χ2n) is 4.31. The van der Waals surface area contributed by atoms with E-state index in [9.17, 15) is 9.59 Å². The van der Waals surface area contributed by atoms with Crippen molar-refractivity contribution in [2.24, 2.45) is 0 Å². The molecule has 0 aliphatic carbocycles. The van der Waals surface area contributed by atoms with Gasteiger partial charge >= 0.3 is 11.8 Å². The van der Waals surface area contributed by atoms with Crippen LogP contribution in [0, 0.1) is 0 Å². The molecule has 0 aromatic rings. The van der Waals surface area contributed by atoms with Crippen LogP contribution in [0.3, 0.4) is 0 Å². The number of hydrogen-bond donors (Lipinski definition) is 2. The lowest BCUT2D eigenvalue weighted by molar-refractivity contribution is -0.139. The Labute approximate surface area is 103 Å². The van der Waals surface area contributed by atoms with E-state index >= 15 is 0 Å². The Kier molecular flexibility index (Phi) is 8.40. The highest BCUT2D eigenvalue weighted by atomic mass is 16.5. The first-order chi connectivity index (χ1) is 7.97. The summed E-state index contributed by atoms with van der Waals surface area (Å²) in [4.78, 5) is 22.7. The van der Waals surface area contributed by atoms with Crippen molar-refractivity contribution < 1.29 is 14.3 Å². The van der Waals surface area contributed by atoms with Crippen LogP contribution < -0.4 is 10.6 Å². The Morgan fingerprint density at radius 1 is 1.18 bits per heavy atom. The first kappa shape index (κ1) is 15.9. The van der Waals surface area contributed by atoms with E-state index in [0.29, 0.717) is 19.6 Å². The molecule has 5 nitrogen and oxygen atoms in total. The van der Waals surface area contributed by atoms with Crippen molar-refractivity contribution in [1.82, 2.24) is 10.6 Å². The maximum atomic E-state index is 11.3. The van der Waals surface area contributed by atoms with Crippen molar-refractivity contribution in [1.29, 1.82) is 0 Å². The number of ether oxygens (including phenoxy) is 1. The zero-order valence-corrected chi connectivity index (χ0v) is 11.2. The van der Waals surface area contributed by atoms with Gasteiger partial charge in [0.1, 0.15) is 0 Å². The van der Waals surface area contributed by atoms with E-state index in [2.05, 4.69) is 10.6 Å². The number of nitrogens with one attached hydrogen (secondary N) is 2. The highest BCUT2D eigenvalue weighted by molar-refractivity contribution is 6.35. The minimum absolute atomic E-state index is 0.0255. The van der Waals surface area contributed by atoms with Crippen LogP contribution >= 0.6 is 0 Å². The van der Waals surface area contributed by atoms with E-state index in [-0.39, 0.29) is 12.1 Å². The van der Waals surface area contributed by atoms with Gasteiger partial charge in [-0.2, -0.15) is 0 Å². The molecule has 0 bridgehead atoms. The maximum Gasteiger partial charge on any atom is 0.309 e. The van der Waals surface area contributed by atoms with Crippen LogP contribution in [0.2, 0.25) is 0 Å². The van der Waals surface area contributed by atoms with Crippen molar-refractivity contribution >= 4 is 11.8 Å². The quantitative estimate of drug-likeness (QED) is 0.515. The molecule has 0 heterocycles. The molecule has 17 heavy (non-hydrogen) atoms. The fraction of sp³-hybridized carbons (Fsp3) is 0.833. The molecule has 2 N–H and O–H groups in total. The minimum atomic E-state index is -0.574. The molecule has 0 saturated heterocycles. The zero-order valence-electron chi connectivity index (χ0n) is 11.2. The molecule has 0 aliphatic rings. The molecule has 0 aromatic heterocycles. The summed E-state index contributed by atoms with van der Waals surface area (Å²) in [6.45, 7) is 8.77.